The van der Waals surface area contributed by atoms with E-state index in [1.54, 1.807) is 0 Å². The van der Waals surface area contributed by atoms with E-state index in [1.165, 1.54) is 11.5 Å². The molecule has 1 aliphatic rings. The summed E-state index contributed by atoms with van der Waals surface area (Å²) in [4.78, 5) is 13.2. The van der Waals surface area contributed by atoms with Crippen molar-refractivity contribution in [2.45, 2.75) is 19.8 Å². The topological polar surface area (TPSA) is 60.5 Å². The van der Waals surface area contributed by atoms with Gasteiger partial charge in [0.1, 0.15) is 5.75 Å². The Balaban J connectivity index is 1.33. The number of amides is 1. The van der Waals surface area contributed by atoms with Gasteiger partial charge in [0.15, 0.2) is 6.61 Å². The molecular formula is C24H25ClN2O3S. The predicted molar refractivity (Wildman–Crippen MR) is 125 cm³/mol. The van der Waals surface area contributed by atoms with Gasteiger partial charge >= 0.3 is 0 Å². The molecule has 0 unspecified atom stereocenters. The Morgan fingerprint density at radius 1 is 1.13 bits per heavy atom. The van der Waals surface area contributed by atoms with Gasteiger partial charge in [0.2, 0.25) is 0 Å². The van der Waals surface area contributed by atoms with Crippen LogP contribution in [-0.2, 0) is 9.53 Å². The normalized spacial score (nSPS) is 14.4. The first-order valence-corrected chi connectivity index (χ1v) is 11.5. The predicted octanol–water partition coefficient (Wildman–Crippen LogP) is 5.36. The summed E-state index contributed by atoms with van der Waals surface area (Å²) >= 11 is 7.48. The number of hydrogen-bond acceptors (Lipinski definition) is 5. The quantitative estimate of drug-likeness (QED) is 0.519. The zero-order valence-corrected chi connectivity index (χ0v) is 19.0. The Hall–Kier alpha value is -2.41. The lowest BCUT2D eigenvalue weighted by atomic mass is 10.0. The van der Waals surface area contributed by atoms with Crippen molar-refractivity contribution in [3.05, 3.63) is 59.1 Å². The van der Waals surface area contributed by atoms with Gasteiger partial charge in [-0.3, -0.25) is 4.79 Å². The first-order chi connectivity index (χ1) is 15.1. The average Bonchev–Trinajstić information content (AvgIpc) is 3.19. The second-order valence-corrected chi connectivity index (χ2v) is 8.87. The minimum Gasteiger partial charge on any atom is -0.484 e. The minimum absolute atomic E-state index is 0.0129. The number of ether oxygens (including phenoxy) is 2. The third-order valence-corrected chi connectivity index (χ3v) is 6.71. The van der Waals surface area contributed by atoms with Gasteiger partial charge in [0.25, 0.3) is 5.91 Å². The number of aromatic nitrogens is 1. The van der Waals surface area contributed by atoms with Crippen LogP contribution in [0.5, 0.6) is 5.75 Å². The second-order valence-electron chi connectivity index (χ2n) is 7.67. The van der Waals surface area contributed by atoms with E-state index >= 15 is 0 Å². The van der Waals surface area contributed by atoms with Crippen LogP contribution in [0.4, 0.5) is 0 Å². The summed E-state index contributed by atoms with van der Waals surface area (Å²) in [6.07, 6.45) is 2.00. The Labute approximate surface area is 191 Å². The van der Waals surface area contributed by atoms with Gasteiger partial charge in [-0.1, -0.05) is 23.7 Å². The molecule has 5 nitrogen and oxygen atoms in total. The van der Waals surface area contributed by atoms with E-state index < -0.39 is 0 Å². The highest BCUT2D eigenvalue weighted by Crippen LogP contribution is 2.35. The number of benzene rings is 2. The highest BCUT2D eigenvalue weighted by Gasteiger charge is 2.15. The molecule has 1 aromatic heterocycles. The molecular weight excluding hydrogens is 432 g/mol. The van der Waals surface area contributed by atoms with Crippen LogP contribution in [0, 0.1) is 12.8 Å². The molecule has 0 saturated carbocycles. The number of carbonyl (C=O) groups excluding carboxylic acids is 1. The fourth-order valence-corrected chi connectivity index (χ4v) is 4.62. The van der Waals surface area contributed by atoms with Crippen LogP contribution >= 0.6 is 23.1 Å². The lowest BCUT2D eigenvalue weighted by Gasteiger charge is -2.22. The molecule has 1 aliphatic heterocycles. The van der Waals surface area contributed by atoms with E-state index in [9.17, 15) is 4.79 Å². The first kappa shape index (κ1) is 21.8. The Morgan fingerprint density at radius 3 is 2.52 bits per heavy atom. The zero-order chi connectivity index (χ0) is 21.6. The number of halogens is 1. The van der Waals surface area contributed by atoms with Crippen LogP contribution in [0.15, 0.2) is 48.5 Å². The molecule has 4 rings (SSSR count). The molecule has 0 bridgehead atoms. The number of hydrogen-bond donors (Lipinski definition) is 1. The van der Waals surface area contributed by atoms with Gasteiger partial charge < -0.3 is 14.8 Å². The average molecular weight is 457 g/mol. The third kappa shape index (κ3) is 5.64. The molecule has 162 valence electrons. The summed E-state index contributed by atoms with van der Waals surface area (Å²) in [5.74, 6) is 1.06. The zero-order valence-electron chi connectivity index (χ0n) is 17.4. The Kier molecular flexibility index (Phi) is 7.22. The maximum absolute atomic E-state index is 12.1. The molecule has 1 amide bonds. The molecule has 1 fully saturated rings. The molecule has 7 heteroatoms. The summed E-state index contributed by atoms with van der Waals surface area (Å²) in [6, 6.07) is 15.5. The summed E-state index contributed by atoms with van der Waals surface area (Å²) < 4.78 is 15.6. The van der Waals surface area contributed by atoms with Crippen LogP contribution in [-0.4, -0.2) is 36.6 Å². The molecule has 1 saturated heterocycles. The molecule has 3 aromatic rings. The molecule has 0 spiro atoms. The van der Waals surface area contributed by atoms with Crippen molar-refractivity contribution in [2.75, 3.05) is 26.4 Å². The van der Waals surface area contributed by atoms with Crippen molar-refractivity contribution in [1.82, 2.24) is 9.69 Å². The van der Waals surface area contributed by atoms with Crippen molar-refractivity contribution >= 4 is 29.0 Å². The van der Waals surface area contributed by atoms with E-state index in [1.807, 2.05) is 48.5 Å². The second kappa shape index (κ2) is 10.3. The van der Waals surface area contributed by atoms with Crippen LogP contribution in [0.1, 0.15) is 18.4 Å². The van der Waals surface area contributed by atoms with E-state index in [4.69, 9.17) is 21.1 Å². The third-order valence-electron chi connectivity index (χ3n) is 5.46. The van der Waals surface area contributed by atoms with Gasteiger partial charge in [0.05, 0.1) is 10.6 Å². The number of nitrogens with one attached hydrogen (secondary N) is 1. The van der Waals surface area contributed by atoms with Gasteiger partial charge in [-0.25, -0.2) is 0 Å². The van der Waals surface area contributed by atoms with Crippen LogP contribution in [0.3, 0.4) is 0 Å². The summed E-state index contributed by atoms with van der Waals surface area (Å²) in [5, 5.41) is 3.67. The van der Waals surface area contributed by atoms with E-state index in [0.29, 0.717) is 18.2 Å². The lowest BCUT2D eigenvalue weighted by molar-refractivity contribution is -0.123. The number of carbonyl (C=O) groups is 1. The highest BCUT2D eigenvalue weighted by molar-refractivity contribution is 7.10. The molecule has 0 radical (unpaired) electrons. The van der Waals surface area contributed by atoms with Gasteiger partial charge in [-0.2, -0.15) is 4.37 Å². The highest BCUT2D eigenvalue weighted by atomic mass is 35.5. The molecule has 0 atom stereocenters. The van der Waals surface area contributed by atoms with Crippen molar-refractivity contribution < 1.29 is 14.3 Å². The smallest absolute Gasteiger partial charge is 0.257 e. The van der Waals surface area contributed by atoms with Crippen LogP contribution in [0.25, 0.3) is 21.7 Å². The summed E-state index contributed by atoms with van der Waals surface area (Å²) in [6.45, 7) is 4.34. The minimum atomic E-state index is -0.0986. The largest absolute Gasteiger partial charge is 0.484 e. The van der Waals surface area contributed by atoms with Crippen molar-refractivity contribution in [1.29, 1.82) is 0 Å². The van der Waals surface area contributed by atoms with Crippen molar-refractivity contribution in [2.24, 2.45) is 5.92 Å². The summed E-state index contributed by atoms with van der Waals surface area (Å²) in [5.41, 5.74) is 4.21. The first-order valence-electron chi connectivity index (χ1n) is 10.4. The van der Waals surface area contributed by atoms with Gasteiger partial charge in [0, 0.05) is 30.3 Å². The van der Waals surface area contributed by atoms with Crippen LogP contribution < -0.4 is 10.1 Å². The van der Waals surface area contributed by atoms with Crippen molar-refractivity contribution in [3.8, 4) is 27.4 Å². The molecule has 1 N–H and O–H groups in total. The maximum Gasteiger partial charge on any atom is 0.257 e. The SMILES string of the molecule is Cc1c(-c2ccc(OCC(=O)NCC3CCOCC3)cc2)nsc1-c1ccc(Cl)cc1. The van der Waals surface area contributed by atoms with Gasteiger partial charge in [-0.05, 0) is 84.7 Å². The fraction of sp³-hybridized carbons (Fsp3) is 0.333. The number of nitrogens with zero attached hydrogens (tertiary/aromatic N) is 1. The lowest BCUT2D eigenvalue weighted by Crippen LogP contribution is -2.35. The molecule has 2 aromatic carbocycles. The number of rotatable bonds is 7. The van der Waals surface area contributed by atoms with Gasteiger partial charge in [-0.15, -0.1) is 0 Å². The Morgan fingerprint density at radius 2 is 1.81 bits per heavy atom. The maximum atomic E-state index is 12.1. The van der Waals surface area contributed by atoms with Crippen LogP contribution in [0.2, 0.25) is 5.02 Å². The molecule has 31 heavy (non-hydrogen) atoms. The molecule has 2 heterocycles. The fourth-order valence-electron chi connectivity index (χ4n) is 3.59. The Bertz CT molecular complexity index is 1010. The van der Waals surface area contributed by atoms with Crippen molar-refractivity contribution in [3.63, 3.8) is 0 Å². The molecule has 0 aliphatic carbocycles. The monoisotopic (exact) mass is 456 g/mol. The van der Waals surface area contributed by atoms with E-state index in [-0.39, 0.29) is 12.5 Å². The van der Waals surface area contributed by atoms with E-state index in [2.05, 4.69) is 16.6 Å². The standard InChI is InChI=1S/C24H25ClN2O3S/c1-16-23(27-31-24(16)19-2-6-20(25)7-3-19)18-4-8-21(9-5-18)30-15-22(28)26-14-17-10-12-29-13-11-17/h2-9,17H,10-15H2,1H3,(H,26,28). The van der Waals surface area contributed by atoms with E-state index in [0.717, 1.165) is 58.3 Å². The summed E-state index contributed by atoms with van der Waals surface area (Å²) in [7, 11) is 0.